The number of nitrogens with zero attached hydrogens (tertiary/aromatic N) is 2. The first kappa shape index (κ1) is 27.5. The molecule has 2 N–H and O–H groups in total. The maximum absolute atomic E-state index is 12.0. The van der Waals surface area contributed by atoms with Crippen LogP contribution in [0.25, 0.3) is 0 Å². The number of likely N-dealkylation sites (N-methyl/N-ethyl adjacent to an activating group) is 1. The normalized spacial score (nSPS) is 16.8. The molecule has 0 saturated carbocycles. The molecule has 1 fully saturated rings. The van der Waals surface area contributed by atoms with Gasteiger partial charge in [-0.3, -0.25) is 4.79 Å². The molecule has 1 amide bonds. The van der Waals surface area contributed by atoms with Gasteiger partial charge in [-0.1, -0.05) is 12.1 Å². The summed E-state index contributed by atoms with van der Waals surface area (Å²) in [6.07, 6.45) is 3.52. The van der Waals surface area contributed by atoms with Crippen LogP contribution < -0.4 is 15.4 Å². The molecular weight excluding hydrogens is 507 g/mol. The number of amides is 1. The standard InChI is InChI=1S/C23H38N4O3.HI/c1-17-10-11-18(20(13-17)30-23(2,3)4)14-24-22(26-16-21(28)27(5)6)25-15-19-9-7-8-12-29-19;/h10-11,13,19H,7-9,12,14-16H2,1-6H3,(H2,24,25,26);1H. The van der Waals surface area contributed by atoms with E-state index < -0.39 is 0 Å². The van der Waals surface area contributed by atoms with Crippen LogP contribution in [0.3, 0.4) is 0 Å². The Kier molecular flexibility index (Phi) is 11.6. The molecule has 2 rings (SSSR count). The Labute approximate surface area is 204 Å². The zero-order valence-corrected chi connectivity index (χ0v) is 22.1. The van der Waals surface area contributed by atoms with Gasteiger partial charge in [0.1, 0.15) is 11.4 Å². The van der Waals surface area contributed by atoms with Crippen LogP contribution in [0.2, 0.25) is 0 Å². The van der Waals surface area contributed by atoms with E-state index in [4.69, 9.17) is 14.5 Å². The topological polar surface area (TPSA) is 75.2 Å². The van der Waals surface area contributed by atoms with Crippen LogP contribution in [0.5, 0.6) is 5.75 Å². The predicted octanol–water partition coefficient (Wildman–Crippen LogP) is 3.48. The van der Waals surface area contributed by atoms with E-state index >= 15 is 0 Å². The van der Waals surface area contributed by atoms with Crippen molar-refractivity contribution in [1.29, 1.82) is 0 Å². The number of rotatable bonds is 7. The molecule has 1 saturated heterocycles. The van der Waals surface area contributed by atoms with Crippen molar-refractivity contribution < 1.29 is 14.3 Å². The number of aryl methyl sites for hydroxylation is 1. The molecule has 0 radical (unpaired) electrons. The summed E-state index contributed by atoms with van der Waals surface area (Å²) in [5.74, 6) is 1.43. The Hall–Kier alpha value is -1.55. The van der Waals surface area contributed by atoms with Crippen molar-refractivity contribution in [2.24, 2.45) is 4.99 Å². The van der Waals surface area contributed by atoms with Gasteiger partial charge in [-0.25, -0.2) is 4.99 Å². The van der Waals surface area contributed by atoms with Crippen molar-refractivity contribution in [3.63, 3.8) is 0 Å². The van der Waals surface area contributed by atoms with E-state index in [0.717, 1.165) is 36.3 Å². The molecule has 0 aromatic heterocycles. The molecule has 1 unspecified atom stereocenters. The lowest BCUT2D eigenvalue weighted by Gasteiger charge is -2.24. The Bertz CT molecular complexity index is 726. The Balaban J connectivity index is 0.00000480. The van der Waals surface area contributed by atoms with Gasteiger partial charge < -0.3 is 25.0 Å². The number of ether oxygens (including phenoxy) is 2. The summed E-state index contributed by atoms with van der Waals surface area (Å²) in [6.45, 7) is 10.3. The third kappa shape index (κ3) is 10.5. The average Bonchev–Trinajstić information content (AvgIpc) is 2.67. The average molecular weight is 546 g/mol. The molecule has 1 heterocycles. The number of halogens is 1. The first-order valence-corrected chi connectivity index (χ1v) is 10.8. The van der Waals surface area contributed by atoms with Crippen LogP contribution in [0.1, 0.15) is 51.2 Å². The highest BCUT2D eigenvalue weighted by Gasteiger charge is 2.16. The van der Waals surface area contributed by atoms with Crippen LogP contribution >= 0.6 is 24.0 Å². The molecular formula is C23H39IN4O3. The van der Waals surface area contributed by atoms with Gasteiger partial charge in [-0.05, 0) is 58.6 Å². The van der Waals surface area contributed by atoms with Crippen LogP contribution in [0, 0.1) is 6.92 Å². The van der Waals surface area contributed by atoms with Crippen molar-refractivity contribution in [2.45, 2.75) is 65.2 Å². The minimum Gasteiger partial charge on any atom is -0.488 e. The zero-order chi connectivity index (χ0) is 22.1. The Morgan fingerprint density at radius 3 is 2.61 bits per heavy atom. The monoisotopic (exact) mass is 546 g/mol. The van der Waals surface area contributed by atoms with E-state index in [-0.39, 0.29) is 48.1 Å². The lowest BCUT2D eigenvalue weighted by molar-refractivity contribution is -0.127. The van der Waals surface area contributed by atoms with Gasteiger partial charge in [-0.15, -0.1) is 24.0 Å². The van der Waals surface area contributed by atoms with Gasteiger partial charge in [0, 0.05) is 32.8 Å². The van der Waals surface area contributed by atoms with Gasteiger partial charge in [0.15, 0.2) is 5.96 Å². The minimum absolute atomic E-state index is 0. The van der Waals surface area contributed by atoms with Crippen LogP contribution in [-0.4, -0.2) is 62.3 Å². The van der Waals surface area contributed by atoms with E-state index in [2.05, 4.69) is 16.7 Å². The smallest absolute Gasteiger partial charge is 0.241 e. The molecule has 0 spiro atoms. The summed E-state index contributed by atoms with van der Waals surface area (Å²) in [7, 11) is 3.49. The van der Waals surface area contributed by atoms with Gasteiger partial charge in [-0.2, -0.15) is 0 Å². The number of guanidine groups is 1. The molecule has 1 atom stereocenters. The predicted molar refractivity (Wildman–Crippen MR) is 136 cm³/mol. The lowest BCUT2D eigenvalue weighted by Crippen LogP contribution is -2.45. The second kappa shape index (κ2) is 13.1. The lowest BCUT2D eigenvalue weighted by atomic mass is 10.1. The molecule has 1 aliphatic rings. The Morgan fingerprint density at radius 2 is 2.00 bits per heavy atom. The summed E-state index contributed by atoms with van der Waals surface area (Å²) >= 11 is 0. The fourth-order valence-corrected chi connectivity index (χ4v) is 3.05. The van der Waals surface area contributed by atoms with Gasteiger partial charge in [0.2, 0.25) is 5.91 Å². The molecule has 8 heteroatoms. The summed E-state index contributed by atoms with van der Waals surface area (Å²) in [5.41, 5.74) is 1.86. The highest BCUT2D eigenvalue weighted by molar-refractivity contribution is 14.0. The fraction of sp³-hybridized carbons (Fsp3) is 0.652. The van der Waals surface area contributed by atoms with Gasteiger partial charge >= 0.3 is 0 Å². The van der Waals surface area contributed by atoms with Crippen molar-refractivity contribution in [2.75, 3.05) is 33.8 Å². The quantitative estimate of drug-likeness (QED) is 0.311. The second-order valence-corrected chi connectivity index (χ2v) is 9.00. The van der Waals surface area contributed by atoms with Crippen molar-refractivity contribution in [3.8, 4) is 5.75 Å². The van der Waals surface area contributed by atoms with E-state index in [1.807, 2.05) is 39.8 Å². The molecule has 1 aliphatic heterocycles. The highest BCUT2D eigenvalue weighted by Crippen LogP contribution is 2.25. The third-order valence-electron chi connectivity index (χ3n) is 4.72. The van der Waals surface area contributed by atoms with Gasteiger partial charge in [0.25, 0.3) is 0 Å². The minimum atomic E-state index is -0.290. The molecule has 0 aliphatic carbocycles. The first-order valence-electron chi connectivity index (χ1n) is 10.8. The number of hydrogen-bond donors (Lipinski definition) is 2. The van der Waals surface area contributed by atoms with Crippen molar-refractivity contribution in [3.05, 3.63) is 29.3 Å². The third-order valence-corrected chi connectivity index (χ3v) is 4.72. The largest absolute Gasteiger partial charge is 0.488 e. The number of benzene rings is 1. The summed E-state index contributed by atoms with van der Waals surface area (Å²) in [6, 6.07) is 6.15. The maximum atomic E-state index is 12.0. The number of carbonyl (C=O) groups is 1. The number of aliphatic imine (C=N–C) groups is 1. The van der Waals surface area contributed by atoms with Gasteiger partial charge in [0.05, 0.1) is 19.2 Å². The molecule has 0 bridgehead atoms. The van der Waals surface area contributed by atoms with E-state index in [0.29, 0.717) is 19.0 Å². The van der Waals surface area contributed by atoms with Crippen LogP contribution in [0.4, 0.5) is 0 Å². The summed E-state index contributed by atoms with van der Waals surface area (Å²) in [5, 5.41) is 6.48. The highest BCUT2D eigenvalue weighted by atomic mass is 127. The molecule has 1 aromatic carbocycles. The number of carbonyl (C=O) groups excluding carboxylic acids is 1. The van der Waals surface area contributed by atoms with Crippen LogP contribution in [0.15, 0.2) is 23.2 Å². The fourth-order valence-electron chi connectivity index (χ4n) is 3.05. The van der Waals surface area contributed by atoms with Crippen LogP contribution in [-0.2, 0) is 16.1 Å². The number of nitrogens with one attached hydrogen (secondary N) is 2. The van der Waals surface area contributed by atoms with E-state index in [1.54, 1.807) is 19.0 Å². The summed E-state index contributed by atoms with van der Waals surface area (Å²) < 4.78 is 11.9. The molecule has 1 aromatic rings. The molecule has 31 heavy (non-hydrogen) atoms. The SMILES string of the molecule is Cc1ccc(CN=C(NCC(=O)N(C)C)NCC2CCCCO2)c(OC(C)(C)C)c1.I. The summed E-state index contributed by atoms with van der Waals surface area (Å²) in [4.78, 5) is 18.3. The second-order valence-electron chi connectivity index (χ2n) is 9.00. The van der Waals surface area contributed by atoms with E-state index in [1.165, 1.54) is 6.42 Å². The zero-order valence-electron chi connectivity index (χ0n) is 19.8. The number of hydrogen-bond acceptors (Lipinski definition) is 4. The Morgan fingerprint density at radius 1 is 1.26 bits per heavy atom. The molecule has 176 valence electrons. The maximum Gasteiger partial charge on any atom is 0.241 e. The van der Waals surface area contributed by atoms with Crippen molar-refractivity contribution >= 4 is 35.8 Å². The van der Waals surface area contributed by atoms with E-state index in [9.17, 15) is 4.79 Å². The van der Waals surface area contributed by atoms with Crippen molar-refractivity contribution in [1.82, 2.24) is 15.5 Å². The molecule has 7 nitrogen and oxygen atoms in total. The first-order chi connectivity index (χ1) is 14.1.